The van der Waals surface area contributed by atoms with Crippen LogP contribution in [0.2, 0.25) is 0 Å². The van der Waals surface area contributed by atoms with Gasteiger partial charge in [-0.1, -0.05) is 179 Å². The summed E-state index contributed by atoms with van der Waals surface area (Å²) in [5, 5.41) is 0. The number of phosphoric ester groups is 1. The quantitative estimate of drug-likeness (QED) is 0.0199. The Hall–Kier alpha value is -1.02. The van der Waals surface area contributed by atoms with Crippen LogP contribution in [0.25, 0.3) is 0 Å². The molecule has 2 atom stereocenters. The minimum Gasteiger partial charge on any atom is -0.756 e. The highest BCUT2D eigenvalue weighted by atomic mass is 31.2. The number of hydrogen-bond donors (Lipinski definition) is 0. The highest BCUT2D eigenvalue weighted by Gasteiger charge is 2.20. The van der Waals surface area contributed by atoms with Gasteiger partial charge in [-0.05, 0) is 44.9 Å². The number of carbonyl (C=O) groups is 1. The van der Waals surface area contributed by atoms with Gasteiger partial charge in [0.15, 0.2) is 0 Å². The largest absolute Gasteiger partial charge is 0.756 e. The van der Waals surface area contributed by atoms with Gasteiger partial charge in [-0.2, -0.15) is 0 Å². The average Bonchev–Trinajstić information content (AvgIpc) is 3.13. The molecule has 0 aliphatic carbocycles. The van der Waals surface area contributed by atoms with Gasteiger partial charge in [-0.25, -0.2) is 0 Å². The normalized spacial score (nSPS) is 13.9. The van der Waals surface area contributed by atoms with Crippen LogP contribution in [0, 0.1) is 0 Å². The number of rotatable bonds is 43. The molecule has 0 aliphatic rings. The van der Waals surface area contributed by atoms with E-state index in [1.807, 2.05) is 21.1 Å². The number of nitrogens with zero attached hydrogens (tertiary/aromatic N) is 1. The highest BCUT2D eigenvalue weighted by molar-refractivity contribution is 7.45. The Kier molecular flexibility index (Phi) is 39.1. The van der Waals surface area contributed by atoms with Crippen molar-refractivity contribution in [3.63, 3.8) is 0 Å². The molecule has 8 nitrogen and oxygen atoms in total. The summed E-state index contributed by atoms with van der Waals surface area (Å²) in [5.74, 6) is -0.335. The van der Waals surface area contributed by atoms with Gasteiger partial charge in [0.1, 0.15) is 19.3 Å². The molecule has 326 valence electrons. The Balaban J connectivity index is 4.21. The molecule has 0 bridgehead atoms. The lowest BCUT2D eigenvalue weighted by atomic mass is 10.0. The summed E-state index contributed by atoms with van der Waals surface area (Å²) in [6.07, 6.45) is 44.7. The van der Waals surface area contributed by atoms with Crippen molar-refractivity contribution in [3.05, 3.63) is 24.3 Å². The van der Waals surface area contributed by atoms with Crippen LogP contribution >= 0.6 is 7.82 Å². The SMILES string of the molecule is CCCCCC/C=C\C/C=C\CCCCCCCCOCC(COP(=O)([O-])OCC[N+](C)(C)C)OC(=O)CCCCCCCCCCCCCCCCCC. The smallest absolute Gasteiger partial charge is 0.306 e. The molecule has 0 aliphatic heterocycles. The summed E-state index contributed by atoms with van der Waals surface area (Å²) >= 11 is 0. The molecule has 9 heteroatoms. The number of hydrogen-bond acceptors (Lipinski definition) is 7. The zero-order valence-electron chi connectivity index (χ0n) is 36.9. The zero-order chi connectivity index (χ0) is 40.6. The number of allylic oxidation sites excluding steroid dienone is 4. The maximum absolute atomic E-state index is 12.7. The molecule has 0 fully saturated rings. The molecule has 0 saturated carbocycles. The minimum atomic E-state index is -4.52. The maximum atomic E-state index is 12.7. The van der Waals surface area contributed by atoms with E-state index < -0.39 is 13.9 Å². The van der Waals surface area contributed by atoms with E-state index in [4.69, 9.17) is 18.5 Å². The highest BCUT2D eigenvalue weighted by Crippen LogP contribution is 2.38. The average molecular weight is 800 g/mol. The number of ether oxygens (including phenoxy) is 2. The van der Waals surface area contributed by atoms with Crippen LogP contribution < -0.4 is 4.89 Å². The number of phosphoric acid groups is 1. The Morgan fingerprint density at radius 2 is 1.00 bits per heavy atom. The number of quaternary nitrogens is 1. The van der Waals surface area contributed by atoms with Crippen LogP contribution in [0.1, 0.15) is 206 Å². The molecular weight excluding hydrogens is 709 g/mol. The fraction of sp³-hybridized carbons (Fsp3) is 0.891. The van der Waals surface area contributed by atoms with Gasteiger partial charge in [0.05, 0.1) is 34.4 Å². The van der Waals surface area contributed by atoms with Crippen molar-refractivity contribution in [2.75, 3.05) is 54.1 Å². The zero-order valence-corrected chi connectivity index (χ0v) is 37.8. The first-order valence-electron chi connectivity index (χ1n) is 23.1. The van der Waals surface area contributed by atoms with Crippen molar-refractivity contribution in [1.29, 1.82) is 0 Å². The molecule has 0 N–H and O–H groups in total. The fourth-order valence-corrected chi connectivity index (χ4v) is 7.13. The molecule has 0 aromatic rings. The van der Waals surface area contributed by atoms with Crippen LogP contribution in [0.5, 0.6) is 0 Å². The Morgan fingerprint density at radius 3 is 1.49 bits per heavy atom. The van der Waals surface area contributed by atoms with Crippen LogP contribution in [0.3, 0.4) is 0 Å². The lowest BCUT2D eigenvalue weighted by Crippen LogP contribution is -2.37. The van der Waals surface area contributed by atoms with E-state index in [0.29, 0.717) is 24.1 Å². The molecule has 0 aromatic carbocycles. The van der Waals surface area contributed by atoms with E-state index in [9.17, 15) is 14.3 Å². The molecule has 0 amide bonds. The van der Waals surface area contributed by atoms with Crippen molar-refractivity contribution in [1.82, 2.24) is 0 Å². The Morgan fingerprint density at radius 1 is 0.564 bits per heavy atom. The van der Waals surface area contributed by atoms with E-state index in [0.717, 1.165) is 44.9 Å². The van der Waals surface area contributed by atoms with Gasteiger partial charge in [-0.15, -0.1) is 0 Å². The molecule has 0 radical (unpaired) electrons. The molecule has 55 heavy (non-hydrogen) atoms. The van der Waals surface area contributed by atoms with E-state index in [-0.39, 0.29) is 25.8 Å². The summed E-state index contributed by atoms with van der Waals surface area (Å²) in [5.41, 5.74) is 0. The van der Waals surface area contributed by atoms with Crippen LogP contribution in [-0.2, 0) is 27.9 Å². The lowest BCUT2D eigenvalue weighted by molar-refractivity contribution is -0.870. The number of carbonyl (C=O) groups excluding carboxylic acids is 1. The summed E-state index contributed by atoms with van der Waals surface area (Å²) in [6, 6.07) is 0. The van der Waals surface area contributed by atoms with Gasteiger partial charge in [0, 0.05) is 13.0 Å². The maximum Gasteiger partial charge on any atom is 0.306 e. The molecule has 0 saturated heterocycles. The van der Waals surface area contributed by atoms with Crippen molar-refractivity contribution in [2.24, 2.45) is 0 Å². The third-order valence-corrected chi connectivity index (χ3v) is 11.0. The molecule has 0 rings (SSSR count). The second-order valence-corrected chi connectivity index (χ2v) is 18.2. The molecule has 0 aromatic heterocycles. The third-order valence-electron chi connectivity index (χ3n) is 10.0. The first kappa shape index (κ1) is 54.0. The third kappa shape index (κ3) is 43.9. The van der Waals surface area contributed by atoms with Crippen LogP contribution in [0.15, 0.2) is 24.3 Å². The van der Waals surface area contributed by atoms with Gasteiger partial charge in [-0.3, -0.25) is 9.36 Å². The van der Waals surface area contributed by atoms with E-state index in [1.54, 1.807) is 0 Å². The lowest BCUT2D eigenvalue weighted by Gasteiger charge is -2.28. The second-order valence-electron chi connectivity index (χ2n) is 16.8. The first-order chi connectivity index (χ1) is 26.6. The van der Waals surface area contributed by atoms with Gasteiger partial charge in [0.25, 0.3) is 7.82 Å². The Bertz CT molecular complexity index is 936. The van der Waals surface area contributed by atoms with Crippen LogP contribution in [0.4, 0.5) is 0 Å². The van der Waals surface area contributed by atoms with Crippen molar-refractivity contribution in [2.45, 2.75) is 213 Å². The van der Waals surface area contributed by atoms with E-state index in [1.165, 1.54) is 141 Å². The predicted octanol–water partition coefficient (Wildman–Crippen LogP) is 13.0. The van der Waals surface area contributed by atoms with Crippen molar-refractivity contribution in [3.8, 4) is 0 Å². The van der Waals surface area contributed by atoms with E-state index >= 15 is 0 Å². The predicted molar refractivity (Wildman–Crippen MR) is 231 cm³/mol. The summed E-state index contributed by atoms with van der Waals surface area (Å²) < 4.78 is 34.6. The topological polar surface area (TPSA) is 94.1 Å². The van der Waals surface area contributed by atoms with Gasteiger partial charge in [0.2, 0.25) is 0 Å². The van der Waals surface area contributed by atoms with Crippen molar-refractivity contribution < 1.29 is 37.3 Å². The van der Waals surface area contributed by atoms with Crippen molar-refractivity contribution >= 4 is 13.8 Å². The molecule has 2 unspecified atom stereocenters. The molecule has 0 heterocycles. The fourth-order valence-electron chi connectivity index (χ4n) is 6.40. The summed E-state index contributed by atoms with van der Waals surface area (Å²) in [7, 11) is 1.36. The number of unbranched alkanes of at least 4 members (excludes halogenated alkanes) is 25. The summed E-state index contributed by atoms with van der Waals surface area (Å²) in [4.78, 5) is 25.1. The second kappa shape index (κ2) is 39.8. The summed E-state index contributed by atoms with van der Waals surface area (Å²) in [6.45, 7) is 5.40. The first-order valence-corrected chi connectivity index (χ1v) is 24.5. The number of likely N-dealkylation sites (N-methyl/N-ethyl adjacent to an activating group) is 1. The van der Waals surface area contributed by atoms with Crippen LogP contribution in [-0.4, -0.2) is 70.7 Å². The number of esters is 1. The monoisotopic (exact) mass is 800 g/mol. The standard InChI is InChI=1S/C46H90NO7P/c1-6-8-10-12-14-16-18-20-22-24-26-28-30-32-34-36-38-41-51-43-45(44-53-55(49,50)52-42-40-47(3,4)5)54-46(48)39-37-35-33-31-29-27-25-23-21-19-17-15-13-11-9-7-2/h16,18,22,24,45H,6-15,17,19-21,23,25-44H2,1-5H3/b18-16-,24-22-. The van der Waals surface area contributed by atoms with Gasteiger partial charge < -0.3 is 27.9 Å². The Labute approximate surface area is 341 Å². The van der Waals surface area contributed by atoms with E-state index in [2.05, 4.69) is 38.2 Å². The minimum absolute atomic E-state index is 0.0259. The van der Waals surface area contributed by atoms with Gasteiger partial charge >= 0.3 is 5.97 Å². The molecule has 0 spiro atoms. The molecular formula is C46H90NO7P.